The van der Waals surface area contributed by atoms with Crippen LogP contribution in [-0.2, 0) is 9.53 Å². The zero-order valence-corrected chi connectivity index (χ0v) is 14.4. The molecule has 134 valence electrons. The molecule has 7 nitrogen and oxygen atoms in total. The maximum Gasteiger partial charge on any atom is 0.320 e. The number of nitrogens with zero attached hydrogens (tertiary/aromatic N) is 2. The summed E-state index contributed by atoms with van der Waals surface area (Å²) in [6.07, 6.45) is 0.742. The van der Waals surface area contributed by atoms with Crippen molar-refractivity contribution >= 4 is 23.5 Å². The fraction of sp³-hybridized carbons (Fsp3) is 0.529. The molecular formula is C17H20ClN3O4. The number of carbonyl (C=O) groups is 2. The third kappa shape index (κ3) is 3.14. The average Bonchev–Trinajstić information content (AvgIpc) is 2.56. The number of nitrogens with one attached hydrogen (secondary N) is 1. The summed E-state index contributed by atoms with van der Waals surface area (Å²) in [7, 11) is 0. The smallest absolute Gasteiger partial charge is 0.320 e. The van der Waals surface area contributed by atoms with E-state index in [-0.39, 0.29) is 42.4 Å². The van der Waals surface area contributed by atoms with Gasteiger partial charge < -0.3 is 25.0 Å². The van der Waals surface area contributed by atoms with E-state index in [1.54, 1.807) is 21.9 Å². The highest BCUT2D eigenvalue weighted by Gasteiger charge is 2.40. The van der Waals surface area contributed by atoms with Crippen molar-refractivity contribution in [2.75, 3.05) is 32.8 Å². The minimum Gasteiger partial charge on any atom is -0.506 e. The first-order valence-corrected chi connectivity index (χ1v) is 8.82. The van der Waals surface area contributed by atoms with Crippen molar-refractivity contribution in [2.45, 2.75) is 24.5 Å². The zero-order valence-electron chi connectivity index (χ0n) is 13.7. The Hall–Kier alpha value is -1.99. The Labute approximate surface area is 150 Å². The van der Waals surface area contributed by atoms with Gasteiger partial charge >= 0.3 is 6.03 Å². The zero-order chi connectivity index (χ0) is 17.6. The number of urea groups is 1. The van der Waals surface area contributed by atoms with E-state index in [4.69, 9.17) is 16.3 Å². The predicted octanol–water partition coefficient (Wildman–Crippen LogP) is 1.15. The minimum atomic E-state index is -0.122. The van der Waals surface area contributed by atoms with Gasteiger partial charge in [0.25, 0.3) is 0 Å². The molecule has 0 bridgehead atoms. The van der Waals surface area contributed by atoms with Crippen molar-refractivity contribution in [2.24, 2.45) is 0 Å². The van der Waals surface area contributed by atoms with Crippen LogP contribution < -0.4 is 5.32 Å². The number of fused-ring (bicyclic) bond motifs is 1. The number of hydrogen-bond acceptors (Lipinski definition) is 4. The lowest BCUT2D eigenvalue weighted by atomic mass is 9.91. The minimum absolute atomic E-state index is 0.000558. The number of morpholine rings is 1. The molecule has 3 heterocycles. The predicted molar refractivity (Wildman–Crippen MR) is 90.7 cm³/mol. The molecule has 25 heavy (non-hydrogen) atoms. The number of phenolic OH excluding ortho intramolecular Hbond substituents is 1. The number of piperidine rings is 1. The fourth-order valence-electron chi connectivity index (χ4n) is 3.70. The van der Waals surface area contributed by atoms with Crippen molar-refractivity contribution in [3.63, 3.8) is 0 Å². The molecule has 3 amide bonds. The largest absolute Gasteiger partial charge is 0.506 e. The van der Waals surface area contributed by atoms with Gasteiger partial charge in [0.15, 0.2) is 0 Å². The van der Waals surface area contributed by atoms with E-state index >= 15 is 0 Å². The van der Waals surface area contributed by atoms with Crippen LogP contribution in [-0.4, -0.2) is 71.8 Å². The summed E-state index contributed by atoms with van der Waals surface area (Å²) in [6, 6.07) is 5.06. The summed E-state index contributed by atoms with van der Waals surface area (Å²) >= 11 is 5.95. The van der Waals surface area contributed by atoms with Crippen molar-refractivity contribution in [1.29, 1.82) is 0 Å². The van der Waals surface area contributed by atoms with E-state index in [9.17, 15) is 14.7 Å². The highest BCUT2D eigenvalue weighted by molar-refractivity contribution is 6.32. The lowest BCUT2D eigenvalue weighted by molar-refractivity contribution is -0.139. The lowest BCUT2D eigenvalue weighted by Crippen LogP contribution is -2.63. The van der Waals surface area contributed by atoms with Gasteiger partial charge in [-0.15, -0.1) is 0 Å². The highest BCUT2D eigenvalue weighted by Crippen LogP contribution is 2.33. The molecule has 0 aromatic heterocycles. The number of benzene rings is 1. The second-order valence-electron chi connectivity index (χ2n) is 6.85. The van der Waals surface area contributed by atoms with Crippen molar-refractivity contribution in [3.8, 4) is 5.75 Å². The molecule has 0 spiro atoms. The Morgan fingerprint density at radius 2 is 2.08 bits per heavy atom. The van der Waals surface area contributed by atoms with Crippen LogP contribution in [0.15, 0.2) is 18.2 Å². The van der Waals surface area contributed by atoms with Crippen molar-refractivity contribution in [3.05, 3.63) is 28.8 Å². The SMILES string of the molecule is O=C1COC2CCN(C(=O)N3CC(c4ccc(O)c(Cl)c4)C3)CC2N1. The summed E-state index contributed by atoms with van der Waals surface area (Å²) in [4.78, 5) is 27.7. The maximum atomic E-state index is 12.7. The van der Waals surface area contributed by atoms with E-state index in [1.807, 2.05) is 6.07 Å². The maximum absolute atomic E-state index is 12.7. The van der Waals surface area contributed by atoms with Crippen LogP contribution in [0.3, 0.4) is 0 Å². The molecule has 0 radical (unpaired) electrons. The highest BCUT2D eigenvalue weighted by atomic mass is 35.5. The van der Waals surface area contributed by atoms with Gasteiger partial charge in [-0.05, 0) is 24.1 Å². The number of likely N-dealkylation sites (tertiary alicyclic amines) is 2. The second kappa shape index (κ2) is 6.38. The molecule has 3 saturated heterocycles. The number of amides is 3. The summed E-state index contributed by atoms with van der Waals surface area (Å²) in [5.41, 5.74) is 1.03. The standard InChI is InChI=1S/C17H20ClN3O4/c18-12-5-10(1-2-14(12)22)11-6-21(7-11)17(24)20-4-3-15-13(8-20)19-16(23)9-25-15/h1-2,5,11,13,15,22H,3-4,6-9H2,(H,19,23). The molecule has 3 fully saturated rings. The Kier molecular flexibility index (Phi) is 4.21. The molecular weight excluding hydrogens is 346 g/mol. The third-order valence-corrected chi connectivity index (χ3v) is 5.49. The molecule has 8 heteroatoms. The van der Waals surface area contributed by atoms with Gasteiger partial charge in [-0.25, -0.2) is 4.79 Å². The van der Waals surface area contributed by atoms with Crippen LogP contribution in [0.25, 0.3) is 0 Å². The molecule has 3 aliphatic rings. The number of hydrogen-bond donors (Lipinski definition) is 2. The van der Waals surface area contributed by atoms with Crippen LogP contribution >= 0.6 is 11.6 Å². The topological polar surface area (TPSA) is 82.1 Å². The molecule has 2 N–H and O–H groups in total. The van der Waals surface area contributed by atoms with Crippen molar-refractivity contribution < 1.29 is 19.4 Å². The second-order valence-corrected chi connectivity index (χ2v) is 7.26. The van der Waals surface area contributed by atoms with E-state index in [1.165, 1.54) is 0 Å². The number of carbonyl (C=O) groups excluding carboxylic acids is 2. The Bertz CT molecular complexity index is 707. The van der Waals surface area contributed by atoms with Crippen LogP contribution in [0.4, 0.5) is 4.79 Å². The molecule has 4 rings (SSSR count). The van der Waals surface area contributed by atoms with E-state index in [2.05, 4.69) is 5.32 Å². The van der Waals surface area contributed by atoms with Gasteiger partial charge in [-0.1, -0.05) is 17.7 Å². The normalized spacial score (nSPS) is 26.7. The van der Waals surface area contributed by atoms with Gasteiger partial charge in [0, 0.05) is 32.1 Å². The molecule has 3 aliphatic heterocycles. The molecule has 1 aromatic carbocycles. The number of phenols is 1. The molecule has 2 unspecified atom stereocenters. The monoisotopic (exact) mass is 365 g/mol. The van der Waals surface area contributed by atoms with E-state index in [0.29, 0.717) is 31.2 Å². The van der Waals surface area contributed by atoms with Gasteiger partial charge in [0.1, 0.15) is 12.4 Å². The first-order chi connectivity index (χ1) is 12.0. The summed E-state index contributed by atoms with van der Waals surface area (Å²) < 4.78 is 5.52. The first kappa shape index (κ1) is 16.5. The molecule has 2 atom stereocenters. The Morgan fingerprint density at radius 3 is 2.84 bits per heavy atom. The summed E-state index contributed by atoms with van der Waals surface area (Å²) in [5, 5.41) is 12.7. The van der Waals surface area contributed by atoms with E-state index in [0.717, 1.165) is 12.0 Å². The van der Waals surface area contributed by atoms with Gasteiger partial charge in [-0.2, -0.15) is 0 Å². The summed E-state index contributed by atoms with van der Waals surface area (Å²) in [5.74, 6) is 0.179. The van der Waals surface area contributed by atoms with Crippen LogP contribution in [0.1, 0.15) is 17.9 Å². The average molecular weight is 366 g/mol. The number of rotatable bonds is 1. The number of halogens is 1. The lowest BCUT2D eigenvalue weighted by Gasteiger charge is -2.46. The quantitative estimate of drug-likeness (QED) is 0.782. The molecule has 0 saturated carbocycles. The van der Waals surface area contributed by atoms with Gasteiger partial charge in [-0.3, -0.25) is 4.79 Å². The van der Waals surface area contributed by atoms with Crippen LogP contribution in [0.5, 0.6) is 5.75 Å². The Morgan fingerprint density at radius 1 is 1.28 bits per heavy atom. The van der Waals surface area contributed by atoms with E-state index < -0.39 is 0 Å². The molecule has 1 aromatic rings. The van der Waals surface area contributed by atoms with Crippen LogP contribution in [0, 0.1) is 0 Å². The summed E-state index contributed by atoms with van der Waals surface area (Å²) in [6.45, 7) is 2.50. The first-order valence-electron chi connectivity index (χ1n) is 8.44. The van der Waals surface area contributed by atoms with Gasteiger partial charge in [0.05, 0.1) is 17.2 Å². The van der Waals surface area contributed by atoms with Crippen molar-refractivity contribution in [1.82, 2.24) is 15.1 Å². The number of aromatic hydroxyl groups is 1. The molecule has 0 aliphatic carbocycles. The fourth-order valence-corrected chi connectivity index (χ4v) is 3.89. The third-order valence-electron chi connectivity index (χ3n) is 5.19. The van der Waals surface area contributed by atoms with Gasteiger partial charge in [0.2, 0.25) is 5.91 Å². The Balaban J connectivity index is 1.34. The van der Waals surface area contributed by atoms with Crippen LogP contribution in [0.2, 0.25) is 5.02 Å². The number of ether oxygens (including phenoxy) is 1.